The molecule has 0 saturated carbocycles. The summed E-state index contributed by atoms with van der Waals surface area (Å²) in [5.74, 6) is -1.30. The van der Waals surface area contributed by atoms with Crippen molar-refractivity contribution in [2.45, 2.75) is 37.9 Å². The molecule has 1 aromatic rings. The summed E-state index contributed by atoms with van der Waals surface area (Å²) in [5.41, 5.74) is 4.90. The van der Waals surface area contributed by atoms with Crippen LogP contribution in [0.15, 0.2) is 58.8 Å². The molecule has 0 heterocycles. The lowest BCUT2D eigenvalue weighted by molar-refractivity contribution is -0.120. The molecule has 2 aliphatic carbocycles. The van der Waals surface area contributed by atoms with Crippen LogP contribution in [-0.2, 0) is 4.79 Å². The van der Waals surface area contributed by atoms with Crippen molar-refractivity contribution >= 4 is 29.1 Å². The maximum absolute atomic E-state index is 12.9. The van der Waals surface area contributed by atoms with E-state index in [1.807, 2.05) is 0 Å². The Morgan fingerprint density at radius 2 is 1.86 bits per heavy atom. The van der Waals surface area contributed by atoms with E-state index in [1.165, 1.54) is 6.08 Å². The standard InChI is InChI=1S/C24H26ClF3N4O3/c25-15-7-10-20(18(13-15)22(30)33)32-23(34)14-5-8-16(9-6-14)35-12-11-31-19-4-2-1-3-17(19)21(29)24(26,27)28/h5-10,13,18,20,29,31H,1-4,11-12H2,(H2,30,33)(H,32,34). The molecule has 2 unspecified atom stereocenters. The van der Waals surface area contributed by atoms with E-state index in [0.717, 1.165) is 6.42 Å². The van der Waals surface area contributed by atoms with Gasteiger partial charge in [-0.1, -0.05) is 23.8 Å². The second-order valence-corrected chi connectivity index (χ2v) is 8.61. The van der Waals surface area contributed by atoms with Gasteiger partial charge in [0, 0.05) is 28.4 Å². The molecule has 1 aromatic carbocycles. The molecule has 188 valence electrons. The molecule has 11 heteroatoms. The smallest absolute Gasteiger partial charge is 0.432 e. The van der Waals surface area contributed by atoms with Crippen LogP contribution in [0.1, 0.15) is 36.0 Å². The molecule has 0 saturated heterocycles. The van der Waals surface area contributed by atoms with Gasteiger partial charge in [-0.3, -0.25) is 15.0 Å². The highest BCUT2D eigenvalue weighted by Gasteiger charge is 2.38. The molecule has 7 nitrogen and oxygen atoms in total. The predicted molar refractivity (Wildman–Crippen MR) is 126 cm³/mol. The maximum atomic E-state index is 12.9. The number of nitrogens with one attached hydrogen (secondary N) is 3. The van der Waals surface area contributed by atoms with Gasteiger partial charge in [0.15, 0.2) is 0 Å². The van der Waals surface area contributed by atoms with Crippen molar-refractivity contribution in [3.8, 4) is 5.75 Å². The van der Waals surface area contributed by atoms with Crippen LogP contribution < -0.4 is 21.1 Å². The Bertz CT molecular complexity index is 1060. The minimum absolute atomic E-state index is 0.0169. The van der Waals surface area contributed by atoms with Crippen LogP contribution in [0.2, 0.25) is 0 Å². The summed E-state index contributed by atoms with van der Waals surface area (Å²) in [6, 6.07) is 5.68. The first-order valence-corrected chi connectivity index (χ1v) is 11.4. The number of nitrogens with two attached hydrogens (primary N) is 1. The van der Waals surface area contributed by atoms with Gasteiger partial charge in [-0.25, -0.2) is 0 Å². The van der Waals surface area contributed by atoms with Gasteiger partial charge in [0.1, 0.15) is 18.1 Å². The lowest BCUT2D eigenvalue weighted by Gasteiger charge is -2.23. The highest BCUT2D eigenvalue weighted by molar-refractivity contribution is 6.31. The zero-order valence-corrected chi connectivity index (χ0v) is 19.5. The minimum atomic E-state index is -4.66. The third kappa shape index (κ3) is 7.11. The van der Waals surface area contributed by atoms with E-state index in [9.17, 15) is 22.8 Å². The van der Waals surface area contributed by atoms with Crippen molar-refractivity contribution < 1.29 is 27.5 Å². The first-order chi connectivity index (χ1) is 16.6. The monoisotopic (exact) mass is 510 g/mol. The zero-order chi connectivity index (χ0) is 25.6. The molecule has 0 aromatic heterocycles. The molecule has 3 rings (SSSR count). The van der Waals surface area contributed by atoms with Crippen LogP contribution >= 0.6 is 11.6 Å². The molecule has 35 heavy (non-hydrogen) atoms. The molecule has 0 fully saturated rings. The fourth-order valence-electron chi connectivity index (χ4n) is 3.90. The van der Waals surface area contributed by atoms with Crippen molar-refractivity contribution in [2.75, 3.05) is 13.2 Å². The number of carbonyl (C=O) groups excluding carboxylic acids is 2. The summed E-state index contributed by atoms with van der Waals surface area (Å²) in [7, 11) is 0. The summed E-state index contributed by atoms with van der Waals surface area (Å²) in [4.78, 5) is 24.2. The minimum Gasteiger partial charge on any atom is -0.492 e. The van der Waals surface area contributed by atoms with E-state index < -0.39 is 35.7 Å². The van der Waals surface area contributed by atoms with Crippen molar-refractivity contribution in [3.63, 3.8) is 0 Å². The van der Waals surface area contributed by atoms with E-state index in [4.69, 9.17) is 27.5 Å². The molecule has 0 aliphatic heterocycles. The molecule has 5 N–H and O–H groups in total. The Morgan fingerprint density at radius 1 is 1.17 bits per heavy atom. The molecule has 0 spiro atoms. The summed E-state index contributed by atoms with van der Waals surface area (Å²) < 4.78 is 44.4. The van der Waals surface area contributed by atoms with Crippen LogP contribution in [0.3, 0.4) is 0 Å². The van der Waals surface area contributed by atoms with Crippen LogP contribution in [-0.4, -0.2) is 42.9 Å². The zero-order valence-electron chi connectivity index (χ0n) is 18.8. The number of hydrogen-bond acceptors (Lipinski definition) is 5. The van der Waals surface area contributed by atoms with Crippen molar-refractivity contribution in [1.82, 2.24) is 10.6 Å². The van der Waals surface area contributed by atoms with Crippen LogP contribution in [0.5, 0.6) is 5.75 Å². The van der Waals surface area contributed by atoms with E-state index in [2.05, 4.69) is 10.6 Å². The molecule has 2 atom stereocenters. The maximum Gasteiger partial charge on any atom is 0.432 e. The topological polar surface area (TPSA) is 117 Å². The van der Waals surface area contributed by atoms with Gasteiger partial charge in [0.05, 0.1) is 12.0 Å². The summed E-state index contributed by atoms with van der Waals surface area (Å²) in [5, 5.41) is 13.5. The van der Waals surface area contributed by atoms with Gasteiger partial charge in [0.2, 0.25) is 5.91 Å². The number of ether oxygens (including phenoxy) is 1. The lowest BCUT2D eigenvalue weighted by Crippen LogP contribution is -2.44. The largest absolute Gasteiger partial charge is 0.492 e. The number of hydrogen-bond donors (Lipinski definition) is 4. The second-order valence-electron chi connectivity index (χ2n) is 8.17. The normalized spacial score (nSPS) is 20.2. The molecule has 0 bridgehead atoms. The molecule has 0 radical (unpaired) electrons. The number of alkyl halides is 3. The highest BCUT2D eigenvalue weighted by atomic mass is 35.5. The van der Waals surface area contributed by atoms with Crippen molar-refractivity contribution in [3.05, 3.63) is 64.4 Å². The molecule has 2 amide bonds. The fraction of sp³-hybridized carbons (Fsp3) is 0.375. The van der Waals surface area contributed by atoms with E-state index in [0.29, 0.717) is 34.9 Å². The molecule has 2 aliphatic rings. The number of allylic oxidation sites excluding steroid dienone is 4. The Hall–Kier alpha value is -3.27. The highest BCUT2D eigenvalue weighted by Crippen LogP contribution is 2.30. The van der Waals surface area contributed by atoms with Gasteiger partial charge in [-0.2, -0.15) is 13.2 Å². The number of amides is 2. The van der Waals surface area contributed by atoms with Crippen LogP contribution in [0, 0.1) is 11.3 Å². The first kappa shape index (κ1) is 26.3. The Kier molecular flexibility index (Phi) is 8.61. The van der Waals surface area contributed by atoms with Crippen molar-refractivity contribution in [2.24, 2.45) is 11.7 Å². The number of halogens is 4. The Labute approximate surface area is 205 Å². The summed E-state index contributed by atoms with van der Waals surface area (Å²) in [6.45, 7) is 0.451. The third-order valence-corrected chi connectivity index (χ3v) is 5.95. The second kappa shape index (κ2) is 11.4. The van der Waals surface area contributed by atoms with Gasteiger partial charge >= 0.3 is 6.18 Å². The van der Waals surface area contributed by atoms with E-state index in [1.54, 1.807) is 36.4 Å². The average Bonchev–Trinajstić information content (AvgIpc) is 2.82. The quantitative estimate of drug-likeness (QED) is 0.297. The van der Waals surface area contributed by atoms with Gasteiger partial charge in [-0.15, -0.1) is 0 Å². The number of carbonyl (C=O) groups is 2. The summed E-state index contributed by atoms with van der Waals surface area (Å²) in [6.07, 6.45) is 2.08. The molecular formula is C24H26ClF3N4O3. The lowest BCUT2D eigenvalue weighted by atomic mass is 9.92. The van der Waals surface area contributed by atoms with Gasteiger partial charge in [0.25, 0.3) is 5.91 Å². The molecular weight excluding hydrogens is 485 g/mol. The number of primary amides is 1. The Balaban J connectivity index is 1.51. The van der Waals surface area contributed by atoms with Gasteiger partial charge < -0.3 is 21.1 Å². The SMILES string of the molecule is N=C(C1=C(NCCOc2ccc(C(=O)NC3C=CC(Cl)=CC3C(N)=O)cc2)CCCC1)C(F)(F)F. The van der Waals surface area contributed by atoms with E-state index in [-0.39, 0.29) is 25.1 Å². The number of rotatable bonds is 9. The summed E-state index contributed by atoms with van der Waals surface area (Å²) >= 11 is 5.91. The first-order valence-electron chi connectivity index (χ1n) is 11.1. The fourth-order valence-corrected chi connectivity index (χ4v) is 4.11. The van der Waals surface area contributed by atoms with Crippen molar-refractivity contribution in [1.29, 1.82) is 5.41 Å². The third-order valence-electron chi connectivity index (χ3n) is 5.69. The van der Waals surface area contributed by atoms with Crippen LogP contribution in [0.4, 0.5) is 13.2 Å². The van der Waals surface area contributed by atoms with Gasteiger partial charge in [-0.05, 0) is 56.0 Å². The number of benzene rings is 1. The van der Waals surface area contributed by atoms with E-state index >= 15 is 0 Å². The van der Waals surface area contributed by atoms with Crippen LogP contribution in [0.25, 0.3) is 0 Å². The predicted octanol–water partition coefficient (Wildman–Crippen LogP) is 3.96. The Morgan fingerprint density at radius 3 is 2.51 bits per heavy atom. The average molecular weight is 511 g/mol.